The third kappa shape index (κ3) is 2.31. The van der Waals surface area contributed by atoms with Gasteiger partial charge in [0.15, 0.2) is 0 Å². The Morgan fingerprint density at radius 1 is 1.39 bits per heavy atom. The zero-order valence-electron chi connectivity index (χ0n) is 9.56. The maximum Gasteiger partial charge on any atom is 0.340 e. The Morgan fingerprint density at radius 3 is 2.56 bits per heavy atom. The van der Waals surface area contributed by atoms with E-state index in [1.807, 2.05) is 0 Å². The van der Waals surface area contributed by atoms with E-state index in [1.165, 1.54) is 6.07 Å². The van der Waals surface area contributed by atoms with Gasteiger partial charge in [-0.05, 0) is 12.1 Å². The maximum atomic E-state index is 13.3. The number of rotatable bonds is 2. The minimum Gasteiger partial charge on any atom is -0.478 e. The van der Waals surface area contributed by atoms with Crippen LogP contribution >= 0.6 is 0 Å². The molecule has 0 saturated carbocycles. The van der Waals surface area contributed by atoms with Gasteiger partial charge in [0.1, 0.15) is 11.4 Å². The molecule has 0 atom stereocenters. The first kappa shape index (κ1) is 12.8. The fourth-order valence-corrected chi connectivity index (χ4v) is 3.00. The summed E-state index contributed by atoms with van der Waals surface area (Å²) in [7, 11) is -0.856. The molecule has 0 aliphatic carbocycles. The third-order valence-electron chi connectivity index (χ3n) is 2.90. The molecule has 1 aromatic carbocycles. The van der Waals surface area contributed by atoms with Gasteiger partial charge in [-0.3, -0.25) is 4.21 Å². The SMILES string of the molecule is Nc1c(F)ccc(N2CCS(=O)CC2)c1C(=O)O. The minimum absolute atomic E-state index is 0.220. The predicted molar refractivity (Wildman–Crippen MR) is 67.9 cm³/mol. The van der Waals surface area contributed by atoms with Crippen LogP contribution in [0.15, 0.2) is 12.1 Å². The highest BCUT2D eigenvalue weighted by Gasteiger charge is 2.24. The summed E-state index contributed by atoms with van der Waals surface area (Å²) < 4.78 is 24.6. The molecule has 0 bridgehead atoms. The van der Waals surface area contributed by atoms with Crippen molar-refractivity contribution in [3.8, 4) is 0 Å². The first-order chi connectivity index (χ1) is 8.50. The fraction of sp³-hybridized carbons (Fsp3) is 0.364. The number of carboxylic acids is 1. The second kappa shape index (κ2) is 4.93. The number of nitrogens with zero attached hydrogens (tertiary/aromatic N) is 1. The van der Waals surface area contributed by atoms with Crippen molar-refractivity contribution >= 4 is 28.1 Å². The van der Waals surface area contributed by atoms with Gasteiger partial charge in [-0.15, -0.1) is 0 Å². The molecular weight excluding hydrogens is 259 g/mol. The molecule has 2 rings (SSSR count). The Morgan fingerprint density at radius 2 is 2.00 bits per heavy atom. The van der Waals surface area contributed by atoms with Crippen molar-refractivity contribution in [3.05, 3.63) is 23.5 Å². The van der Waals surface area contributed by atoms with E-state index in [4.69, 9.17) is 10.8 Å². The predicted octanol–water partition coefficient (Wildman–Crippen LogP) is 0.675. The normalized spacial score (nSPS) is 16.8. The Labute approximate surface area is 106 Å². The number of benzene rings is 1. The molecule has 0 radical (unpaired) electrons. The zero-order chi connectivity index (χ0) is 13.3. The van der Waals surface area contributed by atoms with Crippen LogP contribution < -0.4 is 10.6 Å². The van der Waals surface area contributed by atoms with Gasteiger partial charge >= 0.3 is 5.97 Å². The summed E-state index contributed by atoms with van der Waals surface area (Å²) in [6.45, 7) is 0.968. The molecule has 3 N–H and O–H groups in total. The molecule has 5 nitrogen and oxygen atoms in total. The lowest BCUT2D eigenvalue weighted by molar-refractivity contribution is 0.0698. The van der Waals surface area contributed by atoms with Crippen LogP contribution in [0.3, 0.4) is 0 Å². The van der Waals surface area contributed by atoms with Crippen molar-refractivity contribution in [3.63, 3.8) is 0 Å². The quantitative estimate of drug-likeness (QED) is 0.773. The van der Waals surface area contributed by atoms with Gasteiger partial charge in [0.2, 0.25) is 0 Å². The minimum atomic E-state index is -1.26. The van der Waals surface area contributed by atoms with E-state index in [0.29, 0.717) is 30.3 Å². The van der Waals surface area contributed by atoms with Gasteiger partial charge < -0.3 is 15.7 Å². The fourth-order valence-electron chi connectivity index (χ4n) is 1.95. The molecule has 1 fully saturated rings. The lowest BCUT2D eigenvalue weighted by Crippen LogP contribution is -2.38. The molecule has 98 valence electrons. The number of nitrogens with two attached hydrogens (primary N) is 1. The summed E-state index contributed by atoms with van der Waals surface area (Å²) in [6.07, 6.45) is 0. The molecule has 1 aliphatic rings. The average molecular weight is 272 g/mol. The number of hydrogen-bond acceptors (Lipinski definition) is 4. The van der Waals surface area contributed by atoms with Gasteiger partial charge in [-0.1, -0.05) is 0 Å². The molecule has 0 aromatic heterocycles. The molecule has 1 aliphatic heterocycles. The molecular formula is C11H13FN2O3S. The van der Waals surface area contributed by atoms with Gasteiger partial charge in [0.05, 0.1) is 11.4 Å². The summed E-state index contributed by atoms with van der Waals surface area (Å²) >= 11 is 0. The molecule has 7 heteroatoms. The number of carboxylic acid groups (broad SMARTS) is 1. The van der Waals surface area contributed by atoms with E-state index in [1.54, 1.807) is 4.90 Å². The van der Waals surface area contributed by atoms with Crippen molar-refractivity contribution in [2.45, 2.75) is 0 Å². The van der Waals surface area contributed by atoms with Gasteiger partial charge in [-0.2, -0.15) is 0 Å². The molecule has 1 saturated heterocycles. The molecule has 1 heterocycles. The van der Waals surface area contributed by atoms with Crippen LogP contribution in [-0.4, -0.2) is 39.9 Å². The molecule has 0 amide bonds. The van der Waals surface area contributed by atoms with Gasteiger partial charge in [0, 0.05) is 35.4 Å². The van der Waals surface area contributed by atoms with Gasteiger partial charge in [-0.25, -0.2) is 9.18 Å². The average Bonchev–Trinajstić information content (AvgIpc) is 2.33. The summed E-state index contributed by atoms with van der Waals surface area (Å²) in [4.78, 5) is 12.9. The molecule has 0 spiro atoms. The van der Waals surface area contributed by atoms with Crippen LogP contribution in [-0.2, 0) is 10.8 Å². The van der Waals surface area contributed by atoms with Gasteiger partial charge in [0.25, 0.3) is 0 Å². The highest BCUT2D eigenvalue weighted by Crippen LogP contribution is 2.29. The maximum absolute atomic E-state index is 13.3. The first-order valence-electron chi connectivity index (χ1n) is 5.42. The van der Waals surface area contributed by atoms with Crippen molar-refractivity contribution in [1.29, 1.82) is 0 Å². The summed E-state index contributed by atoms with van der Waals surface area (Å²) in [5.41, 5.74) is 5.29. The lowest BCUT2D eigenvalue weighted by Gasteiger charge is -2.29. The second-order valence-electron chi connectivity index (χ2n) is 4.00. The van der Waals surface area contributed by atoms with Crippen molar-refractivity contribution in [2.75, 3.05) is 35.2 Å². The topological polar surface area (TPSA) is 83.6 Å². The van der Waals surface area contributed by atoms with Crippen LogP contribution in [0.4, 0.5) is 15.8 Å². The second-order valence-corrected chi connectivity index (χ2v) is 5.69. The molecule has 18 heavy (non-hydrogen) atoms. The summed E-state index contributed by atoms with van der Waals surface area (Å²) in [5, 5.41) is 9.12. The summed E-state index contributed by atoms with van der Waals surface area (Å²) in [6, 6.07) is 2.56. The van der Waals surface area contributed by atoms with E-state index in [9.17, 15) is 13.4 Å². The highest BCUT2D eigenvalue weighted by atomic mass is 32.2. The van der Waals surface area contributed by atoms with Crippen molar-refractivity contribution in [1.82, 2.24) is 0 Å². The number of carbonyl (C=O) groups is 1. The number of anilines is 2. The Hall–Kier alpha value is -1.63. The van der Waals surface area contributed by atoms with Crippen LogP contribution in [0, 0.1) is 5.82 Å². The Balaban J connectivity index is 2.41. The smallest absolute Gasteiger partial charge is 0.340 e. The lowest BCUT2D eigenvalue weighted by atomic mass is 10.1. The third-order valence-corrected chi connectivity index (χ3v) is 4.18. The standard InChI is InChI=1S/C11H13FN2O3S/c12-7-1-2-8(9(10(7)13)11(15)16)14-3-5-18(17)6-4-14/h1-2H,3-6,13H2,(H,15,16). The zero-order valence-corrected chi connectivity index (χ0v) is 10.4. The highest BCUT2D eigenvalue weighted by molar-refractivity contribution is 7.85. The van der Waals surface area contributed by atoms with Crippen LogP contribution in [0.1, 0.15) is 10.4 Å². The number of halogens is 1. The van der Waals surface area contributed by atoms with E-state index in [2.05, 4.69) is 0 Å². The number of nitrogen functional groups attached to an aromatic ring is 1. The van der Waals surface area contributed by atoms with Crippen LogP contribution in [0.2, 0.25) is 0 Å². The van der Waals surface area contributed by atoms with Crippen LogP contribution in [0.5, 0.6) is 0 Å². The Kier molecular flexibility index (Phi) is 3.51. The van der Waals surface area contributed by atoms with Crippen LogP contribution in [0.25, 0.3) is 0 Å². The monoisotopic (exact) mass is 272 g/mol. The van der Waals surface area contributed by atoms with E-state index < -0.39 is 22.6 Å². The number of hydrogen-bond donors (Lipinski definition) is 2. The first-order valence-corrected chi connectivity index (χ1v) is 6.90. The van der Waals surface area contributed by atoms with Crippen molar-refractivity contribution < 1.29 is 18.5 Å². The van der Waals surface area contributed by atoms with E-state index in [0.717, 1.165) is 6.07 Å². The van der Waals surface area contributed by atoms with E-state index in [-0.39, 0.29) is 11.3 Å². The van der Waals surface area contributed by atoms with Crippen molar-refractivity contribution in [2.24, 2.45) is 0 Å². The summed E-state index contributed by atoms with van der Waals surface area (Å²) in [5.74, 6) is -1.03. The Bertz CT molecular complexity index is 511. The largest absolute Gasteiger partial charge is 0.478 e. The number of aromatic carboxylic acids is 1. The molecule has 1 aromatic rings. The molecule has 0 unspecified atom stereocenters. The van der Waals surface area contributed by atoms with E-state index >= 15 is 0 Å².